The molecule has 0 fully saturated rings. The van der Waals surface area contributed by atoms with Gasteiger partial charge < -0.3 is 20.6 Å². The number of benzene rings is 2. The van der Waals surface area contributed by atoms with Crippen molar-refractivity contribution in [3.63, 3.8) is 0 Å². The van der Waals surface area contributed by atoms with Crippen LogP contribution in [0.15, 0.2) is 52.1 Å². The Kier molecular flexibility index (Phi) is 6.07. The molecule has 1 atom stereocenters. The van der Waals surface area contributed by atoms with Crippen molar-refractivity contribution in [3.8, 4) is 5.75 Å². The normalized spacial score (nSPS) is 12.4. The summed E-state index contributed by atoms with van der Waals surface area (Å²) in [6.45, 7) is 5.78. The number of para-hydroxylation sites is 1. The molecule has 0 aliphatic carbocycles. The molecule has 0 bridgehead atoms. The van der Waals surface area contributed by atoms with Crippen LogP contribution in [-0.4, -0.2) is 30.0 Å². The number of carbonyl (C=O) groups is 1. The van der Waals surface area contributed by atoms with Gasteiger partial charge in [-0.2, -0.15) is 0 Å². The Hall–Kier alpha value is -3.68. The fourth-order valence-electron chi connectivity index (χ4n) is 3.47. The minimum absolute atomic E-state index is 0.0228. The van der Waals surface area contributed by atoms with Gasteiger partial charge in [0.2, 0.25) is 0 Å². The van der Waals surface area contributed by atoms with E-state index >= 15 is 0 Å². The fraction of sp³-hybridized carbons (Fsp3) is 0.292. The average Bonchev–Trinajstić information content (AvgIpc) is 2.72. The van der Waals surface area contributed by atoms with Crippen molar-refractivity contribution >= 4 is 23.0 Å². The molecule has 0 aliphatic rings. The Balaban J connectivity index is 1.98. The second-order valence-corrected chi connectivity index (χ2v) is 8.93. The van der Waals surface area contributed by atoms with Crippen molar-refractivity contribution in [1.29, 1.82) is 0 Å². The predicted molar refractivity (Wildman–Crippen MR) is 123 cm³/mol. The van der Waals surface area contributed by atoms with Crippen molar-refractivity contribution in [3.05, 3.63) is 79.9 Å². The zero-order chi connectivity index (χ0) is 23.8. The molecule has 0 saturated carbocycles. The summed E-state index contributed by atoms with van der Waals surface area (Å²) in [7, 11) is 3.11. The lowest BCUT2D eigenvalue weighted by Gasteiger charge is -2.33. The molecule has 0 heterocycles. The van der Waals surface area contributed by atoms with Gasteiger partial charge in [-0.15, -0.1) is 0 Å². The summed E-state index contributed by atoms with van der Waals surface area (Å²) in [6, 6.07) is 10.1. The first-order valence-corrected chi connectivity index (χ1v) is 10.1. The summed E-state index contributed by atoms with van der Waals surface area (Å²) < 4.78 is 13.8. The third-order valence-corrected chi connectivity index (χ3v) is 5.18. The third-order valence-electron chi connectivity index (χ3n) is 5.18. The fourth-order valence-corrected chi connectivity index (χ4v) is 3.47. The van der Waals surface area contributed by atoms with Crippen molar-refractivity contribution in [2.45, 2.75) is 26.8 Å². The minimum atomic E-state index is -0.747. The quantitative estimate of drug-likeness (QED) is 0.400. The standard InChI is InChI=1S/C24H26FN3O4/c1-24(2,3)22(13-8-6-9-14(25)12-13)27-18-17(20(30)21(18)31)26-16-11-7-10-15(19(16)29)23(32)28(4)5/h6-12,22,26-27,29H,1-5H3/t22-/m0/s1. The number of nitrogens with zero attached hydrogens (tertiary/aromatic N) is 1. The van der Waals surface area contributed by atoms with Gasteiger partial charge in [0, 0.05) is 14.1 Å². The summed E-state index contributed by atoms with van der Waals surface area (Å²) in [5, 5.41) is 16.4. The van der Waals surface area contributed by atoms with E-state index in [0.29, 0.717) is 5.56 Å². The molecule has 1 amide bonds. The van der Waals surface area contributed by atoms with Crippen LogP contribution in [0.25, 0.3) is 0 Å². The first-order valence-electron chi connectivity index (χ1n) is 10.1. The molecule has 3 aromatic rings. The van der Waals surface area contributed by atoms with E-state index in [0.717, 1.165) is 0 Å². The minimum Gasteiger partial charge on any atom is -0.505 e. The Morgan fingerprint density at radius 3 is 2.25 bits per heavy atom. The lowest BCUT2D eigenvalue weighted by Crippen LogP contribution is -2.39. The van der Waals surface area contributed by atoms with E-state index in [1.54, 1.807) is 32.3 Å². The number of nitrogens with one attached hydrogen (secondary N) is 2. The van der Waals surface area contributed by atoms with Gasteiger partial charge in [-0.25, -0.2) is 4.39 Å². The van der Waals surface area contributed by atoms with E-state index in [4.69, 9.17) is 0 Å². The zero-order valence-electron chi connectivity index (χ0n) is 18.6. The highest BCUT2D eigenvalue weighted by Crippen LogP contribution is 2.38. The summed E-state index contributed by atoms with van der Waals surface area (Å²) in [4.78, 5) is 38.3. The highest BCUT2D eigenvalue weighted by atomic mass is 19.1. The van der Waals surface area contributed by atoms with Crippen molar-refractivity contribution in [1.82, 2.24) is 4.90 Å². The number of anilines is 3. The average molecular weight is 439 g/mol. The van der Waals surface area contributed by atoms with Crippen LogP contribution in [0.4, 0.5) is 21.5 Å². The summed E-state index contributed by atoms with van der Waals surface area (Å²) in [6.07, 6.45) is 0. The molecule has 3 rings (SSSR count). The highest BCUT2D eigenvalue weighted by Gasteiger charge is 2.31. The number of hydrogen-bond acceptors (Lipinski definition) is 6. The van der Waals surface area contributed by atoms with Crippen LogP contribution in [-0.2, 0) is 0 Å². The Morgan fingerprint density at radius 2 is 1.66 bits per heavy atom. The van der Waals surface area contributed by atoms with Crippen LogP contribution in [0.5, 0.6) is 5.75 Å². The number of carbonyl (C=O) groups excluding carboxylic acids is 1. The Labute approximate surface area is 185 Å². The molecule has 0 radical (unpaired) electrons. The first-order chi connectivity index (χ1) is 14.9. The molecule has 0 spiro atoms. The largest absolute Gasteiger partial charge is 0.505 e. The Morgan fingerprint density at radius 1 is 1.03 bits per heavy atom. The summed E-state index contributed by atoms with van der Waals surface area (Å²) in [5.41, 5.74) is -1.07. The smallest absolute Gasteiger partial charge is 0.257 e. The van der Waals surface area contributed by atoms with Gasteiger partial charge in [-0.3, -0.25) is 14.4 Å². The van der Waals surface area contributed by atoms with Crippen molar-refractivity contribution < 1.29 is 14.3 Å². The zero-order valence-corrected chi connectivity index (χ0v) is 18.6. The number of rotatable bonds is 6. The predicted octanol–water partition coefficient (Wildman–Crippen LogP) is 3.77. The van der Waals surface area contributed by atoms with Crippen molar-refractivity contribution in [2.24, 2.45) is 5.41 Å². The van der Waals surface area contributed by atoms with Crippen LogP contribution in [0.2, 0.25) is 0 Å². The lowest BCUT2D eigenvalue weighted by atomic mass is 9.82. The van der Waals surface area contributed by atoms with Crippen LogP contribution in [0.1, 0.15) is 42.7 Å². The monoisotopic (exact) mass is 439 g/mol. The molecule has 0 aliphatic heterocycles. The highest BCUT2D eigenvalue weighted by molar-refractivity contribution is 5.99. The second kappa shape index (κ2) is 8.45. The van der Waals surface area contributed by atoms with E-state index in [2.05, 4.69) is 10.6 Å². The van der Waals surface area contributed by atoms with E-state index in [1.807, 2.05) is 20.8 Å². The van der Waals surface area contributed by atoms with Crippen LogP contribution in [0, 0.1) is 11.2 Å². The molecule has 168 valence electrons. The van der Waals surface area contributed by atoms with Gasteiger partial charge in [0.05, 0.1) is 17.3 Å². The Bertz CT molecular complexity index is 1240. The van der Waals surface area contributed by atoms with Crippen LogP contribution < -0.4 is 21.5 Å². The third kappa shape index (κ3) is 4.34. The number of amides is 1. The maximum Gasteiger partial charge on any atom is 0.257 e. The van der Waals surface area contributed by atoms with E-state index in [1.165, 1.54) is 29.2 Å². The van der Waals surface area contributed by atoms with Gasteiger partial charge in [0.25, 0.3) is 16.8 Å². The van der Waals surface area contributed by atoms with E-state index < -0.39 is 34.0 Å². The number of hydrogen-bond donors (Lipinski definition) is 3. The van der Waals surface area contributed by atoms with Gasteiger partial charge >= 0.3 is 0 Å². The van der Waals surface area contributed by atoms with Crippen LogP contribution >= 0.6 is 0 Å². The van der Waals surface area contributed by atoms with E-state index in [-0.39, 0.29) is 28.4 Å². The number of halogens is 1. The summed E-state index contributed by atoms with van der Waals surface area (Å²) in [5.74, 6) is -1.15. The molecule has 0 saturated heterocycles. The maximum atomic E-state index is 13.8. The first kappa shape index (κ1) is 23.0. The van der Waals surface area contributed by atoms with Gasteiger partial charge in [0.15, 0.2) is 5.75 Å². The molecule has 7 nitrogen and oxygen atoms in total. The SMILES string of the molecule is CN(C)C(=O)c1cccc(Nc2c(N[C@@H](c3cccc(F)c3)C(C)(C)C)c(=O)c2=O)c1O. The molecule has 3 aromatic carbocycles. The number of phenolic OH excluding ortho intramolecular Hbond substituents is 1. The molecule has 0 aromatic heterocycles. The van der Waals surface area contributed by atoms with Gasteiger partial charge in [-0.1, -0.05) is 39.0 Å². The summed E-state index contributed by atoms with van der Waals surface area (Å²) >= 11 is 0. The van der Waals surface area contributed by atoms with Crippen molar-refractivity contribution in [2.75, 3.05) is 24.7 Å². The second-order valence-electron chi connectivity index (χ2n) is 8.93. The lowest BCUT2D eigenvalue weighted by molar-refractivity contribution is 0.0824. The topological polar surface area (TPSA) is 98.7 Å². The molecule has 32 heavy (non-hydrogen) atoms. The molecule has 8 heteroatoms. The number of phenols is 1. The van der Waals surface area contributed by atoms with E-state index in [9.17, 15) is 23.9 Å². The van der Waals surface area contributed by atoms with Gasteiger partial charge in [0.1, 0.15) is 17.2 Å². The molecular weight excluding hydrogens is 413 g/mol. The molecule has 3 N–H and O–H groups in total. The van der Waals surface area contributed by atoms with Crippen LogP contribution in [0.3, 0.4) is 0 Å². The molecular formula is C24H26FN3O4. The van der Waals surface area contributed by atoms with Gasteiger partial charge in [-0.05, 0) is 35.2 Å². The number of aromatic hydroxyl groups is 1. The maximum absolute atomic E-state index is 13.8. The molecule has 0 unspecified atom stereocenters.